The number of hydrogen-bond donors (Lipinski definition) is 0. The summed E-state index contributed by atoms with van der Waals surface area (Å²) >= 11 is 1.80. The molecule has 4 heteroatoms. The van der Waals surface area contributed by atoms with E-state index in [0.29, 0.717) is 6.54 Å². The second-order valence-electron chi connectivity index (χ2n) is 4.08. The van der Waals surface area contributed by atoms with E-state index in [1.165, 1.54) is 10.4 Å². The average molecular weight is 292 g/mol. The molecular formula is C16H24N2OS. The van der Waals surface area contributed by atoms with Crippen LogP contribution in [0.5, 0.6) is 0 Å². The Labute approximate surface area is 126 Å². The van der Waals surface area contributed by atoms with E-state index in [4.69, 9.17) is 0 Å². The van der Waals surface area contributed by atoms with Crippen LogP contribution in [0, 0.1) is 13.8 Å². The molecule has 2 aromatic heterocycles. The van der Waals surface area contributed by atoms with Gasteiger partial charge in [0.05, 0.1) is 12.2 Å². The first kappa shape index (κ1) is 18.3. The number of aryl methyl sites for hydroxylation is 2. The minimum absolute atomic E-state index is 0.574. The number of pyridine rings is 1. The van der Waals surface area contributed by atoms with Crippen LogP contribution in [-0.4, -0.2) is 23.3 Å². The molecule has 110 valence electrons. The summed E-state index contributed by atoms with van der Waals surface area (Å²) in [7, 11) is 1.72. The maximum atomic E-state index is 10.2. The van der Waals surface area contributed by atoms with Gasteiger partial charge in [-0.3, -0.25) is 9.78 Å². The van der Waals surface area contributed by atoms with Gasteiger partial charge in [0.15, 0.2) is 0 Å². The summed E-state index contributed by atoms with van der Waals surface area (Å²) in [6.45, 7) is 8.81. The first-order valence-corrected chi connectivity index (χ1v) is 7.57. The lowest BCUT2D eigenvalue weighted by Crippen LogP contribution is -2.15. The van der Waals surface area contributed by atoms with Gasteiger partial charge in [-0.2, -0.15) is 0 Å². The van der Waals surface area contributed by atoms with Crippen LogP contribution in [0.4, 0.5) is 0 Å². The number of hydrogen-bond acceptors (Lipinski definition) is 3. The first-order valence-electron chi connectivity index (χ1n) is 6.69. The fraction of sp³-hybridized carbons (Fsp3) is 0.375. The van der Waals surface area contributed by atoms with E-state index >= 15 is 0 Å². The summed E-state index contributed by atoms with van der Waals surface area (Å²) in [5.41, 5.74) is 2.28. The summed E-state index contributed by atoms with van der Waals surface area (Å²) in [5, 5.41) is 2.16. The topological polar surface area (TPSA) is 33.2 Å². The molecule has 0 aliphatic rings. The van der Waals surface area contributed by atoms with Crippen molar-refractivity contribution in [3.63, 3.8) is 0 Å². The highest BCUT2D eigenvalue weighted by molar-refractivity contribution is 7.10. The van der Waals surface area contributed by atoms with Gasteiger partial charge in [0.25, 0.3) is 0 Å². The van der Waals surface area contributed by atoms with Crippen LogP contribution >= 0.6 is 11.3 Å². The minimum Gasteiger partial charge on any atom is -0.342 e. The van der Waals surface area contributed by atoms with Crippen molar-refractivity contribution in [2.24, 2.45) is 0 Å². The SMILES string of the molecule is CC.CN(C=O)Cc1ccccn1.Cc1csc(C)c1. The maximum absolute atomic E-state index is 10.2. The highest BCUT2D eigenvalue weighted by Gasteiger charge is 1.95. The van der Waals surface area contributed by atoms with Gasteiger partial charge < -0.3 is 4.90 Å². The number of rotatable bonds is 3. The minimum atomic E-state index is 0.574. The predicted molar refractivity (Wildman–Crippen MR) is 86.9 cm³/mol. The highest BCUT2D eigenvalue weighted by Crippen LogP contribution is 2.10. The van der Waals surface area contributed by atoms with Crippen molar-refractivity contribution in [3.05, 3.63) is 52.0 Å². The Hall–Kier alpha value is -1.68. The third-order valence-corrected chi connectivity index (χ3v) is 3.16. The summed E-state index contributed by atoms with van der Waals surface area (Å²) < 4.78 is 0. The molecule has 0 radical (unpaired) electrons. The van der Waals surface area contributed by atoms with Crippen LogP contribution in [0.25, 0.3) is 0 Å². The zero-order valence-electron chi connectivity index (χ0n) is 13.0. The van der Waals surface area contributed by atoms with Gasteiger partial charge in [-0.1, -0.05) is 19.9 Å². The molecule has 0 aromatic carbocycles. The lowest BCUT2D eigenvalue weighted by atomic mass is 10.3. The van der Waals surface area contributed by atoms with Crippen LogP contribution in [-0.2, 0) is 11.3 Å². The molecule has 1 amide bonds. The van der Waals surface area contributed by atoms with E-state index in [9.17, 15) is 4.79 Å². The van der Waals surface area contributed by atoms with Gasteiger partial charge in [0, 0.05) is 18.1 Å². The van der Waals surface area contributed by atoms with Crippen molar-refractivity contribution >= 4 is 17.7 Å². The molecule has 2 heterocycles. The second-order valence-corrected chi connectivity index (χ2v) is 5.19. The standard InChI is InChI=1S/C8H10N2O.C6H8S.C2H6/c1-10(7-11)6-8-4-2-3-5-9-8;1-5-3-6(2)7-4-5;1-2/h2-5,7H,6H2,1H3;3-4H,1-2H3;1-2H3. The van der Waals surface area contributed by atoms with Crippen LogP contribution in [0.2, 0.25) is 0 Å². The number of carbonyl (C=O) groups excluding carboxylic acids is 1. The molecule has 0 aliphatic heterocycles. The largest absolute Gasteiger partial charge is 0.342 e. The van der Waals surface area contributed by atoms with Crippen LogP contribution in [0.3, 0.4) is 0 Å². The maximum Gasteiger partial charge on any atom is 0.209 e. The van der Waals surface area contributed by atoms with Gasteiger partial charge >= 0.3 is 0 Å². The van der Waals surface area contributed by atoms with E-state index < -0.39 is 0 Å². The quantitative estimate of drug-likeness (QED) is 0.799. The molecule has 20 heavy (non-hydrogen) atoms. The van der Waals surface area contributed by atoms with Gasteiger partial charge in [0.1, 0.15) is 0 Å². The molecule has 3 nitrogen and oxygen atoms in total. The van der Waals surface area contributed by atoms with Crippen molar-refractivity contribution in [2.75, 3.05) is 7.05 Å². The molecule has 0 aliphatic carbocycles. The Bertz CT molecular complexity index is 452. The van der Waals surface area contributed by atoms with Crippen molar-refractivity contribution in [1.82, 2.24) is 9.88 Å². The van der Waals surface area contributed by atoms with Crippen LogP contribution in [0.15, 0.2) is 35.8 Å². The van der Waals surface area contributed by atoms with Crippen molar-refractivity contribution in [2.45, 2.75) is 34.2 Å². The van der Waals surface area contributed by atoms with Gasteiger partial charge in [-0.15, -0.1) is 11.3 Å². The third kappa shape index (κ3) is 8.43. The number of nitrogens with zero attached hydrogens (tertiary/aromatic N) is 2. The normalized spacial score (nSPS) is 8.65. The van der Waals surface area contributed by atoms with Crippen molar-refractivity contribution in [3.8, 4) is 0 Å². The molecule has 0 saturated carbocycles. The van der Waals surface area contributed by atoms with Gasteiger partial charge in [0.2, 0.25) is 6.41 Å². The van der Waals surface area contributed by atoms with E-state index in [2.05, 4.69) is 30.3 Å². The highest BCUT2D eigenvalue weighted by atomic mass is 32.1. The van der Waals surface area contributed by atoms with Crippen LogP contribution in [0.1, 0.15) is 30.0 Å². The molecule has 0 unspecified atom stereocenters. The molecular weight excluding hydrogens is 268 g/mol. The molecule has 2 aromatic rings. The van der Waals surface area contributed by atoms with E-state index in [1.54, 1.807) is 29.5 Å². The summed E-state index contributed by atoms with van der Waals surface area (Å²) in [4.78, 5) is 17.2. The van der Waals surface area contributed by atoms with Crippen LogP contribution < -0.4 is 0 Å². The predicted octanol–water partition coefficient (Wildman–Crippen LogP) is 4.06. The Morgan fingerprint density at radius 1 is 1.30 bits per heavy atom. The fourth-order valence-electron chi connectivity index (χ4n) is 1.36. The smallest absolute Gasteiger partial charge is 0.209 e. The molecule has 2 rings (SSSR count). The molecule has 0 saturated heterocycles. The number of aromatic nitrogens is 1. The summed E-state index contributed by atoms with van der Waals surface area (Å²) in [6, 6.07) is 7.83. The van der Waals surface area contributed by atoms with Crippen molar-refractivity contribution < 1.29 is 4.79 Å². The molecule has 0 atom stereocenters. The Morgan fingerprint density at radius 3 is 2.35 bits per heavy atom. The molecule has 0 fully saturated rings. The number of thiophene rings is 1. The molecule has 0 bridgehead atoms. The van der Waals surface area contributed by atoms with Crippen molar-refractivity contribution in [1.29, 1.82) is 0 Å². The Kier molecular flexibility index (Phi) is 10.2. The average Bonchev–Trinajstić information content (AvgIpc) is 2.86. The zero-order valence-corrected chi connectivity index (χ0v) is 13.8. The Morgan fingerprint density at radius 2 is 2.00 bits per heavy atom. The summed E-state index contributed by atoms with van der Waals surface area (Å²) in [5.74, 6) is 0. The monoisotopic (exact) mass is 292 g/mol. The number of carbonyl (C=O) groups is 1. The Balaban J connectivity index is 0.000000345. The van der Waals surface area contributed by atoms with E-state index in [0.717, 1.165) is 12.1 Å². The lowest BCUT2D eigenvalue weighted by molar-refractivity contribution is -0.117. The van der Waals surface area contributed by atoms with E-state index in [1.807, 2.05) is 32.0 Å². The van der Waals surface area contributed by atoms with Gasteiger partial charge in [-0.05, 0) is 43.0 Å². The summed E-state index contributed by atoms with van der Waals surface area (Å²) in [6.07, 6.45) is 2.50. The van der Waals surface area contributed by atoms with E-state index in [-0.39, 0.29) is 0 Å². The second kappa shape index (κ2) is 11.2. The molecule has 0 spiro atoms. The third-order valence-electron chi connectivity index (χ3n) is 2.18. The lowest BCUT2D eigenvalue weighted by Gasteiger charge is -2.08. The zero-order chi connectivity index (χ0) is 15.4. The number of amides is 1. The van der Waals surface area contributed by atoms with Gasteiger partial charge in [-0.25, -0.2) is 0 Å². The molecule has 0 N–H and O–H groups in total. The fourth-order valence-corrected chi connectivity index (χ4v) is 2.05. The first-order chi connectivity index (χ1) is 9.61.